The average Bonchev–Trinajstić information content (AvgIpc) is 2.48. The number of alkyl halides is 1. The fraction of sp³-hybridized carbons (Fsp3) is 0.111. The van der Waals surface area contributed by atoms with E-state index in [2.05, 4.69) is 62.7 Å². The quantitative estimate of drug-likeness (QED) is 0.558. The van der Waals surface area contributed by atoms with E-state index in [1.807, 2.05) is 0 Å². The summed E-state index contributed by atoms with van der Waals surface area (Å²) in [6.07, 6.45) is 0. The molecule has 0 radical (unpaired) electrons. The second-order valence-corrected chi connectivity index (χ2v) is 5.92. The summed E-state index contributed by atoms with van der Waals surface area (Å²) in [5.74, 6) is 0. The molecular formula is C9H6Br2S2. The van der Waals surface area contributed by atoms with E-state index in [0.29, 0.717) is 0 Å². The van der Waals surface area contributed by atoms with Crippen LogP contribution in [0.5, 0.6) is 0 Å². The molecule has 4 heteroatoms. The van der Waals surface area contributed by atoms with Crippen molar-refractivity contribution in [2.45, 2.75) is 9.54 Å². The Balaban J connectivity index is 2.83. The molecule has 68 valence electrons. The summed E-state index contributed by atoms with van der Waals surface area (Å²) in [6.45, 7) is 0. The predicted octanol–water partition coefficient (Wildman–Crippen LogP) is 4.85. The minimum atomic E-state index is 0.893. The summed E-state index contributed by atoms with van der Waals surface area (Å²) in [7, 11) is 0. The minimum Gasteiger partial charge on any atom is -0.133 e. The molecule has 0 atom stereocenters. The van der Waals surface area contributed by atoms with Gasteiger partial charge in [-0.05, 0) is 17.7 Å². The molecule has 0 aliphatic rings. The third kappa shape index (κ3) is 1.82. The molecule has 0 aliphatic heterocycles. The molecule has 0 fully saturated rings. The molecule has 0 nitrogen and oxygen atoms in total. The smallest absolute Gasteiger partial charge is 0.0581 e. The Morgan fingerprint density at radius 2 is 2.15 bits per heavy atom. The topological polar surface area (TPSA) is 0 Å². The lowest BCUT2D eigenvalue weighted by Gasteiger charge is -1.99. The van der Waals surface area contributed by atoms with Crippen molar-refractivity contribution >= 4 is 65.9 Å². The van der Waals surface area contributed by atoms with Gasteiger partial charge >= 0.3 is 0 Å². The first kappa shape index (κ1) is 10.0. The summed E-state index contributed by atoms with van der Waals surface area (Å²) < 4.78 is 3.52. The molecule has 0 N–H and O–H groups in total. The van der Waals surface area contributed by atoms with Gasteiger partial charge in [0.25, 0.3) is 0 Å². The number of fused-ring (bicyclic) bond motifs is 1. The Morgan fingerprint density at radius 1 is 1.38 bits per heavy atom. The highest BCUT2D eigenvalue weighted by Crippen LogP contribution is 2.36. The second kappa shape index (κ2) is 3.93. The van der Waals surface area contributed by atoms with Gasteiger partial charge in [-0.25, -0.2) is 0 Å². The zero-order valence-corrected chi connectivity index (χ0v) is 11.4. The van der Waals surface area contributed by atoms with Crippen LogP contribution < -0.4 is 0 Å². The van der Waals surface area contributed by atoms with Crippen LogP contribution in [0.4, 0.5) is 0 Å². The van der Waals surface area contributed by atoms with Crippen LogP contribution in [-0.4, -0.2) is 0 Å². The minimum absolute atomic E-state index is 0.893. The normalized spacial score (nSPS) is 11.0. The average molecular weight is 338 g/mol. The zero-order valence-electron chi connectivity index (χ0n) is 6.55. The number of benzene rings is 1. The first-order valence-electron chi connectivity index (χ1n) is 3.68. The lowest BCUT2D eigenvalue weighted by atomic mass is 10.2. The number of rotatable bonds is 1. The van der Waals surface area contributed by atoms with Gasteiger partial charge in [-0.3, -0.25) is 0 Å². The molecule has 0 saturated heterocycles. The Kier molecular flexibility index (Phi) is 3.03. The Hall–Kier alpha value is 0.490. The zero-order chi connectivity index (χ0) is 9.42. The summed E-state index contributed by atoms with van der Waals surface area (Å²) in [5, 5.41) is 2.15. The molecule has 0 aliphatic carbocycles. The summed E-state index contributed by atoms with van der Waals surface area (Å²) >= 11 is 13.1. The van der Waals surface area contributed by atoms with Gasteiger partial charge in [0, 0.05) is 19.9 Å². The summed E-state index contributed by atoms with van der Waals surface area (Å²) in [6, 6.07) is 6.31. The van der Waals surface area contributed by atoms with Crippen LogP contribution >= 0.6 is 55.8 Å². The van der Waals surface area contributed by atoms with Crippen LogP contribution in [-0.2, 0) is 5.33 Å². The van der Waals surface area contributed by atoms with Crippen molar-refractivity contribution < 1.29 is 0 Å². The molecule has 2 rings (SSSR count). The predicted molar refractivity (Wildman–Crippen MR) is 69.4 cm³/mol. The van der Waals surface area contributed by atoms with Crippen molar-refractivity contribution in [3.8, 4) is 0 Å². The van der Waals surface area contributed by atoms with Crippen molar-refractivity contribution in [3.05, 3.63) is 28.2 Å². The van der Waals surface area contributed by atoms with Crippen LogP contribution in [0.3, 0.4) is 0 Å². The van der Waals surface area contributed by atoms with Crippen molar-refractivity contribution in [2.75, 3.05) is 0 Å². The van der Waals surface area contributed by atoms with Crippen LogP contribution in [0.25, 0.3) is 10.1 Å². The molecule has 2 aromatic rings. The van der Waals surface area contributed by atoms with Crippen molar-refractivity contribution in [1.29, 1.82) is 0 Å². The number of thiophene rings is 1. The summed E-state index contributed by atoms with van der Waals surface area (Å²) in [4.78, 5) is 0. The van der Waals surface area contributed by atoms with Gasteiger partial charge in [0.15, 0.2) is 0 Å². The fourth-order valence-corrected chi connectivity index (χ4v) is 3.81. The van der Waals surface area contributed by atoms with Crippen LogP contribution in [0.2, 0.25) is 0 Å². The molecule has 0 bridgehead atoms. The number of hydrogen-bond acceptors (Lipinski definition) is 2. The summed E-state index contributed by atoms with van der Waals surface area (Å²) in [5.41, 5.74) is 1.32. The molecule has 13 heavy (non-hydrogen) atoms. The van der Waals surface area contributed by atoms with E-state index in [1.54, 1.807) is 11.3 Å². The fourth-order valence-electron chi connectivity index (χ4n) is 1.24. The van der Waals surface area contributed by atoms with E-state index >= 15 is 0 Å². The highest BCUT2D eigenvalue weighted by Gasteiger charge is 2.06. The van der Waals surface area contributed by atoms with E-state index in [-0.39, 0.29) is 0 Å². The largest absolute Gasteiger partial charge is 0.133 e. The highest BCUT2D eigenvalue weighted by atomic mass is 79.9. The third-order valence-corrected chi connectivity index (χ3v) is 4.55. The van der Waals surface area contributed by atoms with Crippen molar-refractivity contribution in [3.63, 3.8) is 0 Å². The van der Waals surface area contributed by atoms with Gasteiger partial charge in [0.05, 0.1) is 4.21 Å². The van der Waals surface area contributed by atoms with E-state index in [1.165, 1.54) is 15.6 Å². The van der Waals surface area contributed by atoms with Gasteiger partial charge in [-0.1, -0.05) is 37.9 Å². The van der Waals surface area contributed by atoms with Crippen LogP contribution in [0, 0.1) is 0 Å². The third-order valence-electron chi connectivity index (χ3n) is 1.84. The first-order chi connectivity index (χ1) is 6.22. The van der Waals surface area contributed by atoms with Crippen LogP contribution in [0.1, 0.15) is 5.56 Å². The maximum atomic E-state index is 4.36. The van der Waals surface area contributed by atoms with Crippen LogP contribution in [0.15, 0.2) is 26.9 Å². The number of thiol groups is 1. The van der Waals surface area contributed by atoms with Crippen molar-refractivity contribution in [2.24, 2.45) is 0 Å². The van der Waals surface area contributed by atoms with E-state index in [9.17, 15) is 0 Å². The Morgan fingerprint density at radius 3 is 2.85 bits per heavy atom. The van der Waals surface area contributed by atoms with E-state index < -0.39 is 0 Å². The maximum absolute atomic E-state index is 4.36. The standard InChI is InChI=1S/C9H6Br2S2/c10-4-5-1-2-7(11)6-3-8(12)13-9(5)6/h1-3,12H,4H2. The lowest BCUT2D eigenvalue weighted by molar-refractivity contribution is 1.50. The van der Waals surface area contributed by atoms with Gasteiger partial charge in [0.2, 0.25) is 0 Å². The lowest BCUT2D eigenvalue weighted by Crippen LogP contribution is -1.76. The van der Waals surface area contributed by atoms with Gasteiger partial charge < -0.3 is 0 Å². The molecule has 0 saturated carbocycles. The molecular weight excluding hydrogens is 332 g/mol. The number of halogens is 2. The monoisotopic (exact) mass is 336 g/mol. The van der Waals surface area contributed by atoms with Gasteiger partial charge in [-0.15, -0.1) is 24.0 Å². The number of hydrogen-bond donors (Lipinski definition) is 1. The first-order valence-corrected chi connectivity index (χ1v) is 6.86. The molecule has 0 unspecified atom stereocenters. The molecule has 0 spiro atoms. The molecule has 1 aromatic carbocycles. The Labute approximate surface area is 103 Å². The van der Waals surface area contributed by atoms with E-state index in [4.69, 9.17) is 0 Å². The van der Waals surface area contributed by atoms with E-state index in [0.717, 1.165) is 14.0 Å². The molecule has 0 amide bonds. The molecule has 1 heterocycles. The molecule has 1 aromatic heterocycles. The maximum Gasteiger partial charge on any atom is 0.0581 e. The highest BCUT2D eigenvalue weighted by molar-refractivity contribution is 9.10. The van der Waals surface area contributed by atoms with Gasteiger partial charge in [-0.2, -0.15) is 0 Å². The SMILES string of the molecule is Sc1cc2c(Br)ccc(CBr)c2s1. The Bertz CT molecular complexity index is 448. The second-order valence-electron chi connectivity index (χ2n) is 2.67. The van der Waals surface area contributed by atoms with Gasteiger partial charge in [0.1, 0.15) is 0 Å². The van der Waals surface area contributed by atoms with Crippen molar-refractivity contribution in [1.82, 2.24) is 0 Å².